The van der Waals surface area contributed by atoms with E-state index in [2.05, 4.69) is 0 Å². The normalized spacial score (nSPS) is 18.5. The van der Waals surface area contributed by atoms with Crippen molar-refractivity contribution in [3.8, 4) is 6.07 Å². The highest BCUT2D eigenvalue weighted by molar-refractivity contribution is 7.07. The van der Waals surface area contributed by atoms with E-state index in [1.165, 1.54) is 15.9 Å². The fourth-order valence-corrected chi connectivity index (χ4v) is 3.42. The molecule has 21 heavy (non-hydrogen) atoms. The fraction of sp³-hybridized carbons (Fsp3) is 0.357. The van der Waals surface area contributed by atoms with Gasteiger partial charge in [-0.05, 0) is 13.8 Å². The smallest absolute Gasteiger partial charge is 0.337 e. The second kappa shape index (κ2) is 5.58. The maximum atomic E-state index is 12.3. The summed E-state index contributed by atoms with van der Waals surface area (Å²) in [5.41, 5.74) is 6.13. The second-order valence-electron chi connectivity index (χ2n) is 4.47. The van der Waals surface area contributed by atoms with Crippen molar-refractivity contribution in [3.05, 3.63) is 25.1 Å². The molecule has 0 bridgehead atoms. The highest BCUT2D eigenvalue weighted by atomic mass is 32.1. The van der Waals surface area contributed by atoms with Gasteiger partial charge in [-0.15, -0.1) is 11.3 Å². The van der Waals surface area contributed by atoms with Crippen LogP contribution in [0.4, 0.5) is 0 Å². The number of thiazole rings is 1. The number of nitrogens with zero attached hydrogens (tertiary/aromatic N) is 2. The zero-order chi connectivity index (χ0) is 15.7. The van der Waals surface area contributed by atoms with Gasteiger partial charge in [0.1, 0.15) is 10.5 Å². The summed E-state index contributed by atoms with van der Waals surface area (Å²) in [6, 6.07) is 1.99. The van der Waals surface area contributed by atoms with E-state index in [1.807, 2.05) is 6.07 Å². The molecule has 0 aliphatic carbocycles. The van der Waals surface area contributed by atoms with Crippen molar-refractivity contribution in [1.29, 1.82) is 5.26 Å². The molecule has 0 radical (unpaired) electrons. The number of rotatable bonds is 2. The van der Waals surface area contributed by atoms with Crippen LogP contribution in [0, 0.1) is 17.2 Å². The Morgan fingerprint density at radius 1 is 1.62 bits per heavy atom. The van der Waals surface area contributed by atoms with Crippen molar-refractivity contribution in [1.82, 2.24) is 4.57 Å². The van der Waals surface area contributed by atoms with Gasteiger partial charge in [0.25, 0.3) is 5.56 Å². The predicted octanol–water partition coefficient (Wildman–Crippen LogP) is -0.275. The first-order valence-electron chi connectivity index (χ1n) is 6.47. The van der Waals surface area contributed by atoms with Crippen molar-refractivity contribution in [2.45, 2.75) is 20.8 Å². The molecule has 0 fully saturated rings. The van der Waals surface area contributed by atoms with E-state index in [0.717, 1.165) is 0 Å². The van der Waals surface area contributed by atoms with Crippen LogP contribution in [0.15, 0.2) is 10.4 Å². The highest BCUT2D eigenvalue weighted by Crippen LogP contribution is 2.26. The number of fused-ring (bicyclic) bond motifs is 1. The highest BCUT2D eigenvalue weighted by Gasteiger charge is 2.32. The zero-order valence-electron chi connectivity index (χ0n) is 12.0. The number of allylic oxidation sites excluding steroid dienone is 1. The number of nitriles is 1. The molecular weight excluding hydrogens is 290 g/mol. The van der Waals surface area contributed by atoms with Crippen LogP contribution in [0.5, 0.6) is 0 Å². The Hall–Kier alpha value is -2.33. The van der Waals surface area contributed by atoms with Crippen molar-refractivity contribution >= 4 is 34.8 Å². The summed E-state index contributed by atoms with van der Waals surface area (Å²) in [5, 5.41) is 9.27. The van der Waals surface area contributed by atoms with Crippen LogP contribution in [-0.2, 0) is 9.53 Å². The summed E-state index contributed by atoms with van der Waals surface area (Å²) >= 11 is 1.18. The molecule has 0 saturated carbocycles. The van der Waals surface area contributed by atoms with Gasteiger partial charge in [-0.3, -0.25) is 9.36 Å². The molecule has 1 aromatic heterocycles. The van der Waals surface area contributed by atoms with Gasteiger partial charge in [-0.25, -0.2) is 4.79 Å². The van der Waals surface area contributed by atoms with Gasteiger partial charge < -0.3 is 10.5 Å². The molecule has 1 atom stereocenters. The van der Waals surface area contributed by atoms with E-state index < -0.39 is 11.9 Å². The van der Waals surface area contributed by atoms with E-state index >= 15 is 0 Å². The maximum Gasteiger partial charge on any atom is 0.337 e. The van der Waals surface area contributed by atoms with Crippen molar-refractivity contribution in [2.75, 3.05) is 6.61 Å². The van der Waals surface area contributed by atoms with Gasteiger partial charge in [0.2, 0.25) is 0 Å². The third-order valence-corrected chi connectivity index (χ3v) is 4.54. The van der Waals surface area contributed by atoms with Crippen molar-refractivity contribution in [3.63, 3.8) is 0 Å². The molecule has 2 rings (SSSR count). The molecule has 1 aromatic rings. The summed E-state index contributed by atoms with van der Waals surface area (Å²) in [6.07, 6.45) is 1.66. The lowest BCUT2D eigenvalue weighted by Gasteiger charge is -2.20. The monoisotopic (exact) mass is 305 g/mol. The lowest BCUT2D eigenvalue weighted by Crippen LogP contribution is -2.40. The number of aromatic nitrogens is 1. The minimum Gasteiger partial charge on any atom is -0.463 e. The van der Waals surface area contributed by atoms with Gasteiger partial charge in [-0.1, -0.05) is 13.0 Å². The number of ether oxygens (including phenoxy) is 1. The number of esters is 1. The average Bonchev–Trinajstić information content (AvgIpc) is 2.76. The fourth-order valence-electron chi connectivity index (χ4n) is 2.27. The van der Waals surface area contributed by atoms with Crippen LogP contribution < -0.4 is 20.5 Å². The van der Waals surface area contributed by atoms with E-state index in [0.29, 0.717) is 14.8 Å². The van der Waals surface area contributed by atoms with Gasteiger partial charge in [0, 0.05) is 5.92 Å². The molecule has 7 heteroatoms. The maximum absolute atomic E-state index is 12.3. The molecule has 0 spiro atoms. The Kier molecular flexibility index (Phi) is 4.00. The summed E-state index contributed by atoms with van der Waals surface area (Å²) in [4.78, 5) is 24.5. The minimum absolute atomic E-state index is 0.0856. The first-order valence-corrected chi connectivity index (χ1v) is 7.29. The predicted molar refractivity (Wildman–Crippen MR) is 80.2 cm³/mol. The standard InChI is InChI=1S/C14H15N3O3S/c1-4-9-12(18)17-11(16)8(6-15)7(3)10(13(17)21-9)14(19)20-5-2/h4,7H,5,16H2,1-3H3/b9-4-. The average molecular weight is 305 g/mol. The van der Waals surface area contributed by atoms with Crippen LogP contribution in [0.1, 0.15) is 20.8 Å². The number of hydrogen-bond acceptors (Lipinski definition) is 6. The third kappa shape index (κ3) is 2.17. The number of nitrogens with two attached hydrogens (primary N) is 1. The van der Waals surface area contributed by atoms with Crippen LogP contribution in [0.25, 0.3) is 17.5 Å². The van der Waals surface area contributed by atoms with E-state index in [4.69, 9.17) is 10.5 Å². The lowest BCUT2D eigenvalue weighted by molar-refractivity contribution is -0.136. The second-order valence-corrected chi connectivity index (χ2v) is 5.50. The van der Waals surface area contributed by atoms with Crippen molar-refractivity contribution < 1.29 is 9.53 Å². The molecule has 0 aromatic carbocycles. The third-order valence-electron chi connectivity index (χ3n) is 3.31. The summed E-state index contributed by atoms with van der Waals surface area (Å²) in [7, 11) is 0. The Balaban J connectivity index is 2.95. The van der Waals surface area contributed by atoms with Gasteiger partial charge >= 0.3 is 5.97 Å². The molecule has 2 heterocycles. The molecule has 1 aliphatic heterocycles. The number of carbonyl (C=O) groups is 1. The number of carbonyl (C=O) groups excluding carboxylic acids is 1. The SMILES string of the molecule is C/C=c1\sc2n(c1=O)C(N)=C(C#N)C(C)C=2C(=O)OCC. The van der Waals surface area contributed by atoms with E-state index in [9.17, 15) is 14.9 Å². The first kappa shape index (κ1) is 15.1. The Morgan fingerprint density at radius 2 is 2.29 bits per heavy atom. The molecule has 6 nitrogen and oxygen atoms in total. The van der Waals surface area contributed by atoms with Gasteiger partial charge in [-0.2, -0.15) is 5.26 Å². The topological polar surface area (TPSA) is 98.1 Å². The number of hydrogen-bond donors (Lipinski definition) is 1. The summed E-state index contributed by atoms with van der Waals surface area (Å²) in [5.74, 6) is -0.942. The van der Waals surface area contributed by atoms with E-state index in [-0.39, 0.29) is 23.6 Å². The molecule has 0 saturated heterocycles. The molecule has 1 aliphatic rings. The quantitative estimate of drug-likeness (QED) is 0.758. The Labute approximate surface area is 125 Å². The molecule has 0 amide bonds. The van der Waals surface area contributed by atoms with E-state index in [1.54, 1.807) is 26.8 Å². The molecule has 2 N–H and O–H groups in total. The molecular formula is C14H15N3O3S. The lowest BCUT2D eigenvalue weighted by atomic mass is 9.92. The zero-order valence-corrected chi connectivity index (χ0v) is 12.8. The van der Waals surface area contributed by atoms with Gasteiger partial charge in [0.05, 0.1) is 28.4 Å². The van der Waals surface area contributed by atoms with Gasteiger partial charge in [0.15, 0.2) is 0 Å². The Bertz CT molecular complexity index is 851. The largest absolute Gasteiger partial charge is 0.463 e. The van der Waals surface area contributed by atoms with Crippen LogP contribution >= 0.6 is 11.3 Å². The van der Waals surface area contributed by atoms with Crippen molar-refractivity contribution in [2.24, 2.45) is 11.7 Å². The summed E-state index contributed by atoms with van der Waals surface area (Å²) in [6.45, 7) is 5.37. The first-order chi connectivity index (χ1) is 9.97. The van der Waals surface area contributed by atoms with Crippen LogP contribution in [-0.4, -0.2) is 17.1 Å². The Morgan fingerprint density at radius 3 is 2.81 bits per heavy atom. The van der Waals surface area contributed by atoms with Crippen LogP contribution in [0.3, 0.4) is 0 Å². The molecule has 1 unspecified atom stereocenters. The minimum atomic E-state index is -0.525. The van der Waals surface area contributed by atoms with Crippen LogP contribution in [0.2, 0.25) is 0 Å². The summed E-state index contributed by atoms with van der Waals surface area (Å²) < 4.78 is 7.19. The molecule has 110 valence electrons.